The Morgan fingerprint density at radius 2 is 2.12 bits per heavy atom. The second-order valence-corrected chi connectivity index (χ2v) is 3.74. The minimum absolute atomic E-state index is 0. The van der Waals surface area contributed by atoms with Crippen LogP contribution < -0.4 is 11.1 Å². The first-order valence-corrected chi connectivity index (χ1v) is 5.42. The van der Waals surface area contributed by atoms with Gasteiger partial charge in [0.25, 0.3) is 0 Å². The Morgan fingerprint density at radius 3 is 2.50 bits per heavy atom. The topological polar surface area (TPSA) is 68.0 Å². The third-order valence-electron chi connectivity index (χ3n) is 1.64. The number of carbonyl (C=O) groups excluding carboxylic acids is 1. The molecule has 0 aliphatic rings. The highest BCUT2D eigenvalue weighted by Gasteiger charge is 2.07. The average Bonchev–Trinajstić information content (AvgIpc) is 2.19. The van der Waals surface area contributed by atoms with E-state index in [2.05, 4.69) is 10.3 Å². The number of aromatic nitrogens is 1. The predicted octanol–water partition coefficient (Wildman–Crippen LogP) is 1.93. The molecule has 0 bridgehead atoms. The van der Waals surface area contributed by atoms with E-state index in [-0.39, 0.29) is 30.7 Å². The molecule has 0 saturated carbocycles. The molecule has 0 spiro atoms. The summed E-state index contributed by atoms with van der Waals surface area (Å²) in [6.45, 7) is 1.63. The Balaban J connectivity index is 0. The number of thioether (sulfide) groups is 1. The number of nitrogens with one attached hydrogen (secondary N) is 1. The highest BCUT2D eigenvalue weighted by atomic mass is 35.5. The molecule has 0 unspecified atom stereocenters. The number of hydrogen-bond donors (Lipinski definition) is 2. The summed E-state index contributed by atoms with van der Waals surface area (Å²) in [5, 5.41) is 2.61. The molecular formula is C9H15Cl2N3OS. The van der Waals surface area contributed by atoms with Crippen molar-refractivity contribution in [2.75, 3.05) is 11.6 Å². The minimum Gasteiger partial charge on any atom is -0.320 e. The van der Waals surface area contributed by atoms with E-state index >= 15 is 0 Å². The fraction of sp³-hybridized carbons (Fsp3) is 0.333. The van der Waals surface area contributed by atoms with Crippen LogP contribution in [0, 0.1) is 0 Å². The molecule has 0 aliphatic carbocycles. The van der Waals surface area contributed by atoms with Gasteiger partial charge in [0.1, 0.15) is 5.82 Å². The van der Waals surface area contributed by atoms with Crippen LogP contribution in [-0.2, 0) is 4.79 Å². The monoisotopic (exact) mass is 283 g/mol. The van der Waals surface area contributed by atoms with E-state index in [0.717, 1.165) is 4.90 Å². The zero-order valence-electron chi connectivity index (χ0n) is 8.97. The fourth-order valence-electron chi connectivity index (χ4n) is 0.815. The van der Waals surface area contributed by atoms with Crippen molar-refractivity contribution < 1.29 is 4.79 Å². The van der Waals surface area contributed by atoms with Gasteiger partial charge in [-0.15, -0.1) is 36.6 Å². The lowest BCUT2D eigenvalue weighted by Gasteiger charge is -2.06. The van der Waals surface area contributed by atoms with Crippen LogP contribution in [-0.4, -0.2) is 23.2 Å². The fourth-order valence-corrected chi connectivity index (χ4v) is 1.18. The number of hydrogen-bond acceptors (Lipinski definition) is 4. The normalized spacial score (nSPS) is 10.7. The smallest absolute Gasteiger partial charge is 0.242 e. The second kappa shape index (κ2) is 8.64. The SMILES string of the molecule is CSc1ccc(NC(=O)[C@H](C)N)nc1.Cl.Cl. The van der Waals surface area contributed by atoms with Crippen LogP contribution in [0.5, 0.6) is 0 Å². The van der Waals surface area contributed by atoms with Crippen LogP contribution in [0.2, 0.25) is 0 Å². The molecule has 1 aromatic rings. The number of carbonyl (C=O) groups is 1. The van der Waals surface area contributed by atoms with Gasteiger partial charge in [0.05, 0.1) is 6.04 Å². The standard InChI is InChI=1S/C9H13N3OS.2ClH/c1-6(10)9(13)12-8-4-3-7(14-2)5-11-8;;/h3-6H,10H2,1-2H3,(H,11,12,13);2*1H/t6-;;/m0../s1. The van der Waals surface area contributed by atoms with Crippen LogP contribution in [0.3, 0.4) is 0 Å². The van der Waals surface area contributed by atoms with Gasteiger partial charge >= 0.3 is 0 Å². The van der Waals surface area contributed by atoms with Crippen LogP contribution in [0.15, 0.2) is 23.2 Å². The maximum Gasteiger partial charge on any atom is 0.242 e. The molecule has 1 atom stereocenters. The first kappa shape index (κ1) is 17.9. The number of halogens is 2. The van der Waals surface area contributed by atoms with Crippen molar-refractivity contribution >= 4 is 48.3 Å². The Kier molecular flexibility index (Phi) is 9.66. The van der Waals surface area contributed by atoms with E-state index < -0.39 is 6.04 Å². The summed E-state index contributed by atoms with van der Waals surface area (Å²) in [5.74, 6) is 0.305. The van der Waals surface area contributed by atoms with Crippen LogP contribution in [0.1, 0.15) is 6.92 Å². The molecule has 0 aromatic carbocycles. The maximum absolute atomic E-state index is 11.2. The van der Waals surface area contributed by atoms with E-state index in [1.165, 1.54) is 0 Å². The molecule has 4 nitrogen and oxygen atoms in total. The molecule has 7 heteroatoms. The second-order valence-electron chi connectivity index (χ2n) is 2.86. The van der Waals surface area contributed by atoms with Gasteiger partial charge in [0.15, 0.2) is 0 Å². The van der Waals surface area contributed by atoms with E-state index in [0.29, 0.717) is 5.82 Å². The van der Waals surface area contributed by atoms with Gasteiger partial charge in [-0.1, -0.05) is 0 Å². The Labute approximate surface area is 112 Å². The zero-order chi connectivity index (χ0) is 10.6. The molecule has 0 radical (unpaired) electrons. The lowest BCUT2D eigenvalue weighted by Crippen LogP contribution is -2.32. The summed E-state index contributed by atoms with van der Waals surface area (Å²) in [6.07, 6.45) is 3.68. The van der Waals surface area contributed by atoms with Gasteiger partial charge in [-0.3, -0.25) is 4.79 Å². The van der Waals surface area contributed by atoms with Crippen molar-refractivity contribution in [3.05, 3.63) is 18.3 Å². The van der Waals surface area contributed by atoms with Crippen molar-refractivity contribution in [1.82, 2.24) is 4.98 Å². The Morgan fingerprint density at radius 1 is 1.50 bits per heavy atom. The van der Waals surface area contributed by atoms with Crippen molar-refractivity contribution in [3.8, 4) is 0 Å². The average molecular weight is 284 g/mol. The van der Waals surface area contributed by atoms with Gasteiger partial charge in [0, 0.05) is 11.1 Å². The molecule has 0 fully saturated rings. The van der Waals surface area contributed by atoms with Gasteiger partial charge < -0.3 is 11.1 Å². The summed E-state index contributed by atoms with van der Waals surface area (Å²) >= 11 is 1.60. The predicted molar refractivity (Wildman–Crippen MR) is 72.8 cm³/mol. The van der Waals surface area contributed by atoms with Crippen molar-refractivity contribution in [2.45, 2.75) is 17.9 Å². The van der Waals surface area contributed by atoms with Crippen molar-refractivity contribution in [3.63, 3.8) is 0 Å². The van der Waals surface area contributed by atoms with Gasteiger partial charge in [0.2, 0.25) is 5.91 Å². The number of amides is 1. The highest BCUT2D eigenvalue weighted by molar-refractivity contribution is 7.98. The van der Waals surface area contributed by atoms with Gasteiger partial charge in [-0.05, 0) is 25.3 Å². The molecule has 1 aromatic heterocycles. The summed E-state index contributed by atoms with van der Waals surface area (Å²) in [7, 11) is 0. The van der Waals surface area contributed by atoms with Gasteiger partial charge in [-0.2, -0.15) is 0 Å². The van der Waals surface area contributed by atoms with Crippen LogP contribution in [0.25, 0.3) is 0 Å². The van der Waals surface area contributed by atoms with E-state index in [4.69, 9.17) is 5.73 Å². The molecule has 1 amide bonds. The van der Waals surface area contributed by atoms with Crippen LogP contribution in [0.4, 0.5) is 5.82 Å². The number of nitrogens with zero attached hydrogens (tertiary/aromatic N) is 1. The van der Waals surface area contributed by atoms with Crippen molar-refractivity contribution in [1.29, 1.82) is 0 Å². The summed E-state index contributed by atoms with van der Waals surface area (Å²) in [4.78, 5) is 16.3. The first-order chi connectivity index (χ1) is 6.63. The summed E-state index contributed by atoms with van der Waals surface area (Å²) < 4.78 is 0. The van der Waals surface area contributed by atoms with E-state index in [1.54, 1.807) is 30.9 Å². The largest absolute Gasteiger partial charge is 0.320 e. The quantitative estimate of drug-likeness (QED) is 0.832. The molecule has 92 valence electrons. The molecule has 0 aliphatic heterocycles. The first-order valence-electron chi connectivity index (χ1n) is 4.20. The van der Waals surface area contributed by atoms with E-state index in [9.17, 15) is 4.79 Å². The molecular weight excluding hydrogens is 269 g/mol. The maximum atomic E-state index is 11.2. The lowest BCUT2D eigenvalue weighted by molar-refractivity contribution is -0.117. The minimum atomic E-state index is -0.517. The van der Waals surface area contributed by atoms with E-state index in [1.807, 2.05) is 12.3 Å². The molecule has 0 saturated heterocycles. The lowest BCUT2D eigenvalue weighted by atomic mass is 10.3. The van der Waals surface area contributed by atoms with Crippen molar-refractivity contribution in [2.24, 2.45) is 5.73 Å². The molecule has 16 heavy (non-hydrogen) atoms. The molecule has 1 rings (SSSR count). The molecule has 1 heterocycles. The summed E-state index contributed by atoms with van der Waals surface area (Å²) in [5.41, 5.74) is 5.40. The number of rotatable bonds is 3. The highest BCUT2D eigenvalue weighted by Crippen LogP contribution is 2.14. The van der Waals surface area contributed by atoms with Gasteiger partial charge in [-0.25, -0.2) is 4.98 Å². The summed E-state index contributed by atoms with van der Waals surface area (Å²) in [6, 6.07) is 3.14. The Bertz CT molecular complexity index is 319. The number of pyridine rings is 1. The zero-order valence-corrected chi connectivity index (χ0v) is 11.4. The number of anilines is 1. The molecule has 3 N–H and O–H groups in total. The third-order valence-corrected chi connectivity index (χ3v) is 2.35. The Hall–Kier alpha value is -0.490. The number of nitrogens with two attached hydrogens (primary N) is 1. The van der Waals surface area contributed by atoms with Crippen LogP contribution >= 0.6 is 36.6 Å². The third kappa shape index (κ3) is 5.55.